The molecule has 0 saturated heterocycles. The van der Waals surface area contributed by atoms with Crippen LogP contribution in [-0.4, -0.2) is 29.1 Å². The van der Waals surface area contributed by atoms with E-state index >= 15 is 0 Å². The molecule has 5 heteroatoms. The third kappa shape index (κ3) is 2.93. The number of carbonyl (C=O) groups is 1. The Balaban J connectivity index is 2.03. The van der Waals surface area contributed by atoms with Gasteiger partial charge in [-0.15, -0.1) is 0 Å². The minimum Gasteiger partial charge on any atom is -0.465 e. The van der Waals surface area contributed by atoms with Crippen molar-refractivity contribution in [3.8, 4) is 0 Å². The summed E-state index contributed by atoms with van der Waals surface area (Å²) in [6.45, 7) is 2.37. The fraction of sp³-hybridized carbons (Fsp3) is 0.583. The second-order valence-corrected chi connectivity index (χ2v) is 4.01. The molecule has 1 heterocycles. The molecule has 0 saturated carbocycles. The molecule has 1 aromatic rings. The second kappa shape index (κ2) is 5.61. The van der Waals surface area contributed by atoms with Gasteiger partial charge in [-0.2, -0.15) is 0 Å². The van der Waals surface area contributed by atoms with Crippen LogP contribution in [0.4, 0.5) is 5.82 Å². The van der Waals surface area contributed by atoms with E-state index < -0.39 is 0 Å². The van der Waals surface area contributed by atoms with Gasteiger partial charge in [0.1, 0.15) is 18.7 Å². The van der Waals surface area contributed by atoms with Gasteiger partial charge in [0.05, 0.1) is 6.61 Å². The van der Waals surface area contributed by atoms with E-state index in [0.717, 1.165) is 36.3 Å². The Morgan fingerprint density at radius 3 is 3.06 bits per heavy atom. The Kier molecular flexibility index (Phi) is 3.90. The summed E-state index contributed by atoms with van der Waals surface area (Å²) in [5, 5.41) is 3.03. The average molecular weight is 235 g/mol. The van der Waals surface area contributed by atoms with Crippen LogP contribution >= 0.6 is 0 Å². The molecule has 1 aromatic heterocycles. The van der Waals surface area contributed by atoms with Crippen molar-refractivity contribution >= 4 is 11.8 Å². The number of fused-ring (bicyclic) bond motifs is 1. The molecule has 0 bridgehead atoms. The summed E-state index contributed by atoms with van der Waals surface area (Å²) in [5.41, 5.74) is 2.26. The molecule has 1 aliphatic rings. The molecular formula is C12H17N3O2. The quantitative estimate of drug-likeness (QED) is 0.798. The van der Waals surface area contributed by atoms with E-state index in [0.29, 0.717) is 6.61 Å². The predicted octanol–water partition coefficient (Wildman–Crippen LogP) is 1.33. The zero-order chi connectivity index (χ0) is 12.1. The number of aryl methyl sites for hydroxylation is 1. The molecule has 0 unspecified atom stereocenters. The molecule has 0 atom stereocenters. The fourth-order valence-corrected chi connectivity index (χ4v) is 2.04. The summed E-state index contributed by atoms with van der Waals surface area (Å²) in [6, 6.07) is 0. The van der Waals surface area contributed by atoms with E-state index in [1.165, 1.54) is 6.42 Å². The van der Waals surface area contributed by atoms with E-state index in [1.54, 1.807) is 13.3 Å². The lowest BCUT2D eigenvalue weighted by atomic mass is 9.96. The number of nitrogens with zero attached hydrogens (tertiary/aromatic N) is 2. The molecule has 5 nitrogen and oxygen atoms in total. The van der Waals surface area contributed by atoms with E-state index in [2.05, 4.69) is 15.3 Å². The molecule has 0 fully saturated rings. The van der Waals surface area contributed by atoms with E-state index in [4.69, 9.17) is 4.74 Å². The highest BCUT2D eigenvalue weighted by molar-refractivity contribution is 5.74. The van der Waals surface area contributed by atoms with Crippen molar-refractivity contribution in [1.29, 1.82) is 0 Å². The summed E-state index contributed by atoms with van der Waals surface area (Å²) < 4.78 is 4.86. The lowest BCUT2D eigenvalue weighted by Crippen LogP contribution is -2.19. The van der Waals surface area contributed by atoms with E-state index in [9.17, 15) is 4.79 Å². The number of hydrogen-bond donors (Lipinski definition) is 1. The van der Waals surface area contributed by atoms with Crippen molar-refractivity contribution in [3.63, 3.8) is 0 Å². The van der Waals surface area contributed by atoms with Crippen LogP contribution in [0.15, 0.2) is 6.33 Å². The third-order valence-electron chi connectivity index (χ3n) is 2.83. The number of anilines is 1. The number of hydrogen-bond acceptors (Lipinski definition) is 5. The molecule has 0 spiro atoms. The summed E-state index contributed by atoms with van der Waals surface area (Å²) in [6.07, 6.45) is 5.89. The number of nitrogens with one attached hydrogen (secondary N) is 1. The van der Waals surface area contributed by atoms with Crippen molar-refractivity contribution in [2.75, 3.05) is 18.5 Å². The van der Waals surface area contributed by atoms with E-state index in [1.807, 2.05) is 0 Å². The summed E-state index contributed by atoms with van der Waals surface area (Å²) >= 11 is 0. The van der Waals surface area contributed by atoms with Crippen LogP contribution in [0.3, 0.4) is 0 Å². The topological polar surface area (TPSA) is 64.1 Å². The van der Waals surface area contributed by atoms with E-state index in [-0.39, 0.29) is 12.5 Å². The molecule has 2 rings (SSSR count). The lowest BCUT2D eigenvalue weighted by molar-refractivity contribution is -0.140. The Morgan fingerprint density at radius 1 is 1.41 bits per heavy atom. The maximum atomic E-state index is 11.3. The molecule has 1 N–H and O–H groups in total. The molecule has 0 aliphatic heterocycles. The normalized spacial score (nSPS) is 13.9. The number of aromatic nitrogens is 2. The first-order valence-corrected chi connectivity index (χ1v) is 6.03. The molecule has 0 radical (unpaired) electrons. The van der Waals surface area contributed by atoms with Crippen LogP contribution < -0.4 is 5.32 Å². The highest BCUT2D eigenvalue weighted by Gasteiger charge is 2.15. The number of esters is 1. The molecular weight excluding hydrogens is 218 g/mol. The summed E-state index contributed by atoms with van der Waals surface area (Å²) in [4.78, 5) is 19.7. The molecule has 17 heavy (non-hydrogen) atoms. The number of rotatable bonds is 4. The monoisotopic (exact) mass is 235 g/mol. The minimum atomic E-state index is -0.254. The average Bonchev–Trinajstić information content (AvgIpc) is 2.36. The van der Waals surface area contributed by atoms with Gasteiger partial charge in [-0.05, 0) is 32.6 Å². The smallest absolute Gasteiger partial charge is 0.325 e. The SMILES string of the molecule is CCOC(=O)CNc1ncnc2c1CCCC2. The zero-order valence-corrected chi connectivity index (χ0v) is 10.0. The van der Waals surface area contributed by atoms with Crippen molar-refractivity contribution in [2.45, 2.75) is 32.6 Å². The fourth-order valence-electron chi connectivity index (χ4n) is 2.04. The molecule has 0 amide bonds. The first-order chi connectivity index (χ1) is 8.31. The predicted molar refractivity (Wildman–Crippen MR) is 63.8 cm³/mol. The summed E-state index contributed by atoms with van der Waals surface area (Å²) in [7, 11) is 0. The van der Waals surface area contributed by atoms with Gasteiger partial charge in [-0.1, -0.05) is 0 Å². The Hall–Kier alpha value is -1.65. The minimum absolute atomic E-state index is 0.164. The summed E-state index contributed by atoms with van der Waals surface area (Å²) in [5.74, 6) is 0.526. The number of carbonyl (C=O) groups excluding carboxylic acids is 1. The van der Waals surface area contributed by atoms with Crippen molar-refractivity contribution in [3.05, 3.63) is 17.6 Å². The van der Waals surface area contributed by atoms with Crippen LogP contribution in [0.2, 0.25) is 0 Å². The molecule has 0 aromatic carbocycles. The van der Waals surface area contributed by atoms with Crippen LogP contribution in [0.5, 0.6) is 0 Å². The first kappa shape index (κ1) is 11.8. The lowest BCUT2D eigenvalue weighted by Gasteiger charge is -2.17. The van der Waals surface area contributed by atoms with Gasteiger partial charge in [-0.25, -0.2) is 9.97 Å². The van der Waals surface area contributed by atoms with Gasteiger partial charge < -0.3 is 10.1 Å². The standard InChI is InChI=1S/C12H17N3O2/c1-2-17-11(16)7-13-12-9-5-3-4-6-10(9)14-8-15-12/h8H,2-7H2,1H3,(H,13,14,15). The van der Waals surface area contributed by atoms with Crippen LogP contribution in [0.25, 0.3) is 0 Å². The maximum absolute atomic E-state index is 11.3. The van der Waals surface area contributed by atoms with Gasteiger partial charge in [0.2, 0.25) is 0 Å². The van der Waals surface area contributed by atoms with Crippen LogP contribution in [-0.2, 0) is 22.4 Å². The van der Waals surface area contributed by atoms with Gasteiger partial charge in [0.15, 0.2) is 0 Å². The van der Waals surface area contributed by atoms with Gasteiger partial charge in [-0.3, -0.25) is 4.79 Å². The Labute approximate surface area is 101 Å². The molecule has 92 valence electrons. The highest BCUT2D eigenvalue weighted by atomic mass is 16.5. The highest BCUT2D eigenvalue weighted by Crippen LogP contribution is 2.23. The van der Waals surface area contributed by atoms with Crippen LogP contribution in [0.1, 0.15) is 31.0 Å². The van der Waals surface area contributed by atoms with Gasteiger partial charge in [0.25, 0.3) is 0 Å². The zero-order valence-electron chi connectivity index (χ0n) is 10.0. The van der Waals surface area contributed by atoms with Crippen LogP contribution in [0, 0.1) is 0 Å². The van der Waals surface area contributed by atoms with Gasteiger partial charge >= 0.3 is 5.97 Å². The Bertz CT molecular complexity index is 407. The largest absolute Gasteiger partial charge is 0.465 e. The van der Waals surface area contributed by atoms with Crippen molar-refractivity contribution in [1.82, 2.24) is 9.97 Å². The maximum Gasteiger partial charge on any atom is 0.325 e. The molecule has 1 aliphatic carbocycles. The van der Waals surface area contributed by atoms with Crippen molar-refractivity contribution < 1.29 is 9.53 Å². The first-order valence-electron chi connectivity index (χ1n) is 6.03. The second-order valence-electron chi connectivity index (χ2n) is 4.01. The van der Waals surface area contributed by atoms with Crippen molar-refractivity contribution in [2.24, 2.45) is 0 Å². The Morgan fingerprint density at radius 2 is 2.24 bits per heavy atom. The third-order valence-corrected chi connectivity index (χ3v) is 2.83. The van der Waals surface area contributed by atoms with Gasteiger partial charge in [0, 0.05) is 11.3 Å². The number of ether oxygens (including phenoxy) is 1.